The number of hydrogen-bond acceptors (Lipinski definition) is 3. The van der Waals surface area contributed by atoms with Crippen LogP contribution in [-0.2, 0) is 14.8 Å². The molecule has 3 rings (SSSR count). The third-order valence-electron chi connectivity index (χ3n) is 4.28. The first-order valence-corrected chi connectivity index (χ1v) is 8.88. The van der Waals surface area contributed by atoms with Crippen LogP contribution in [0.5, 0.6) is 0 Å². The smallest absolute Gasteiger partial charge is 0.243 e. The second-order valence-corrected chi connectivity index (χ2v) is 7.68. The molecule has 2 saturated heterocycles. The van der Waals surface area contributed by atoms with Gasteiger partial charge < -0.3 is 5.32 Å². The number of amides is 1. The van der Waals surface area contributed by atoms with Gasteiger partial charge in [-0.25, -0.2) is 8.42 Å². The Balaban J connectivity index is 1.78. The molecule has 0 aliphatic carbocycles. The number of carbonyl (C=O) groups excluding carboxylic acids is 1. The van der Waals surface area contributed by atoms with Gasteiger partial charge in [0.25, 0.3) is 0 Å². The van der Waals surface area contributed by atoms with Crippen molar-refractivity contribution in [1.82, 2.24) is 9.62 Å². The van der Waals surface area contributed by atoms with Gasteiger partial charge in [0.15, 0.2) is 0 Å². The first kappa shape index (κ1) is 14.5. The summed E-state index contributed by atoms with van der Waals surface area (Å²) >= 11 is 0. The monoisotopic (exact) mass is 308 g/mol. The van der Waals surface area contributed by atoms with Crippen molar-refractivity contribution >= 4 is 15.9 Å². The molecule has 0 saturated carbocycles. The zero-order valence-corrected chi connectivity index (χ0v) is 12.7. The van der Waals surface area contributed by atoms with Crippen molar-refractivity contribution in [2.45, 2.75) is 36.5 Å². The van der Waals surface area contributed by atoms with Crippen molar-refractivity contribution in [3.63, 3.8) is 0 Å². The second-order valence-electron chi connectivity index (χ2n) is 5.74. The molecule has 2 aliphatic rings. The van der Waals surface area contributed by atoms with Crippen molar-refractivity contribution in [2.24, 2.45) is 0 Å². The fraction of sp³-hybridized carbons (Fsp3) is 0.533. The van der Waals surface area contributed by atoms with Gasteiger partial charge in [0, 0.05) is 32.0 Å². The summed E-state index contributed by atoms with van der Waals surface area (Å²) in [6, 6.07) is 7.01. The normalized spacial score (nSPS) is 24.0. The predicted octanol–water partition coefficient (Wildman–Crippen LogP) is 1.46. The first-order chi connectivity index (χ1) is 10.1. The summed E-state index contributed by atoms with van der Waals surface area (Å²) < 4.78 is 26.6. The van der Waals surface area contributed by atoms with Crippen molar-refractivity contribution in [3.05, 3.63) is 29.8 Å². The molecular formula is C15H20N2O3S. The van der Waals surface area contributed by atoms with Crippen LogP contribution in [-0.4, -0.2) is 38.3 Å². The standard InChI is InChI=1S/C15H20N2O3S/c18-15-10-13(11-16-15)12-4-6-14(7-5-12)21(19,20)17-8-2-1-3-9-17/h4-7,13H,1-3,8-11H2,(H,16,18)/t13-/m0/s1. The maximum Gasteiger partial charge on any atom is 0.243 e. The Morgan fingerprint density at radius 2 is 1.71 bits per heavy atom. The van der Waals surface area contributed by atoms with Crippen molar-refractivity contribution in [3.8, 4) is 0 Å². The molecule has 0 aromatic heterocycles. The Morgan fingerprint density at radius 1 is 1.05 bits per heavy atom. The van der Waals surface area contributed by atoms with E-state index >= 15 is 0 Å². The minimum absolute atomic E-state index is 0.0602. The van der Waals surface area contributed by atoms with E-state index in [-0.39, 0.29) is 11.8 Å². The maximum absolute atomic E-state index is 12.5. The Labute approximate surface area is 125 Å². The van der Waals surface area contributed by atoms with Crippen LogP contribution in [0, 0.1) is 0 Å². The third kappa shape index (κ3) is 2.96. The molecule has 1 atom stereocenters. The fourth-order valence-corrected chi connectivity index (χ4v) is 4.52. The number of nitrogens with one attached hydrogen (secondary N) is 1. The van der Waals surface area contributed by atoms with Gasteiger partial charge in [-0.3, -0.25) is 4.79 Å². The lowest BCUT2D eigenvalue weighted by molar-refractivity contribution is -0.119. The molecule has 21 heavy (non-hydrogen) atoms. The van der Waals surface area contributed by atoms with Crippen molar-refractivity contribution in [2.75, 3.05) is 19.6 Å². The zero-order valence-electron chi connectivity index (χ0n) is 11.9. The van der Waals surface area contributed by atoms with E-state index in [4.69, 9.17) is 0 Å². The lowest BCUT2D eigenvalue weighted by Crippen LogP contribution is -2.35. The first-order valence-electron chi connectivity index (χ1n) is 7.44. The molecule has 2 fully saturated rings. The van der Waals surface area contributed by atoms with Crippen molar-refractivity contribution in [1.29, 1.82) is 0 Å². The van der Waals surface area contributed by atoms with E-state index < -0.39 is 10.0 Å². The Morgan fingerprint density at radius 3 is 2.29 bits per heavy atom. The Kier molecular flexibility index (Phi) is 3.99. The highest BCUT2D eigenvalue weighted by Gasteiger charge is 2.27. The molecule has 1 aromatic carbocycles. The van der Waals surface area contributed by atoms with E-state index in [1.54, 1.807) is 16.4 Å². The van der Waals surface area contributed by atoms with Crippen LogP contribution in [0.3, 0.4) is 0 Å². The average Bonchev–Trinajstić information content (AvgIpc) is 2.95. The van der Waals surface area contributed by atoms with Gasteiger partial charge >= 0.3 is 0 Å². The van der Waals surface area contributed by atoms with Gasteiger partial charge in [-0.05, 0) is 30.5 Å². The molecule has 1 N–H and O–H groups in total. The van der Waals surface area contributed by atoms with Gasteiger partial charge in [0.2, 0.25) is 15.9 Å². The molecule has 114 valence electrons. The highest BCUT2D eigenvalue weighted by molar-refractivity contribution is 7.89. The topological polar surface area (TPSA) is 66.5 Å². The molecule has 0 unspecified atom stereocenters. The van der Waals surface area contributed by atoms with E-state index in [0.717, 1.165) is 24.8 Å². The predicted molar refractivity (Wildman–Crippen MR) is 79.4 cm³/mol. The van der Waals surface area contributed by atoms with Gasteiger partial charge in [0.1, 0.15) is 0 Å². The molecule has 0 radical (unpaired) electrons. The molecule has 0 spiro atoms. The van der Waals surface area contributed by atoms with Crippen LogP contribution >= 0.6 is 0 Å². The summed E-state index contributed by atoms with van der Waals surface area (Å²) in [5.74, 6) is 0.217. The number of benzene rings is 1. The molecule has 6 heteroatoms. The van der Waals surface area contributed by atoms with Crippen LogP contribution in [0.25, 0.3) is 0 Å². The summed E-state index contributed by atoms with van der Waals surface area (Å²) in [5.41, 5.74) is 1.02. The van der Waals surface area contributed by atoms with Crippen LogP contribution < -0.4 is 5.32 Å². The van der Waals surface area contributed by atoms with Crippen LogP contribution in [0.1, 0.15) is 37.2 Å². The molecular weight excluding hydrogens is 288 g/mol. The largest absolute Gasteiger partial charge is 0.355 e. The number of nitrogens with zero attached hydrogens (tertiary/aromatic N) is 1. The lowest BCUT2D eigenvalue weighted by atomic mass is 9.99. The molecule has 2 aliphatic heterocycles. The van der Waals surface area contributed by atoms with Crippen molar-refractivity contribution < 1.29 is 13.2 Å². The van der Waals surface area contributed by atoms with Crippen LogP contribution in [0.4, 0.5) is 0 Å². The number of sulfonamides is 1. The molecule has 2 heterocycles. The second kappa shape index (κ2) is 5.77. The van der Waals surface area contributed by atoms with Crippen LogP contribution in [0.2, 0.25) is 0 Å². The number of rotatable bonds is 3. The highest BCUT2D eigenvalue weighted by atomic mass is 32.2. The van der Waals surface area contributed by atoms with Gasteiger partial charge in [-0.15, -0.1) is 0 Å². The SMILES string of the molecule is O=C1C[C@H](c2ccc(S(=O)(=O)N3CCCCC3)cc2)CN1. The van der Waals surface area contributed by atoms with Gasteiger partial charge in [-0.2, -0.15) is 4.31 Å². The van der Waals surface area contributed by atoms with E-state index in [9.17, 15) is 13.2 Å². The van der Waals surface area contributed by atoms with E-state index in [1.165, 1.54) is 0 Å². The summed E-state index contributed by atoms with van der Waals surface area (Å²) in [4.78, 5) is 11.6. The van der Waals surface area contributed by atoms with Crippen LogP contribution in [0.15, 0.2) is 29.2 Å². The quantitative estimate of drug-likeness (QED) is 0.919. The molecule has 5 nitrogen and oxygen atoms in total. The molecule has 0 bridgehead atoms. The lowest BCUT2D eigenvalue weighted by Gasteiger charge is -2.26. The Bertz CT molecular complexity index is 619. The summed E-state index contributed by atoms with van der Waals surface area (Å²) in [6.45, 7) is 1.87. The maximum atomic E-state index is 12.5. The summed E-state index contributed by atoms with van der Waals surface area (Å²) in [6.07, 6.45) is 3.46. The van der Waals surface area contributed by atoms with E-state index in [1.807, 2.05) is 12.1 Å². The third-order valence-corrected chi connectivity index (χ3v) is 6.19. The Hall–Kier alpha value is -1.40. The molecule has 1 aromatic rings. The summed E-state index contributed by atoms with van der Waals surface area (Å²) in [7, 11) is -3.36. The van der Waals surface area contributed by atoms with E-state index in [2.05, 4.69) is 5.32 Å². The molecule has 1 amide bonds. The van der Waals surface area contributed by atoms with Gasteiger partial charge in [0.05, 0.1) is 4.90 Å². The zero-order chi connectivity index (χ0) is 14.9. The van der Waals surface area contributed by atoms with Gasteiger partial charge in [-0.1, -0.05) is 18.6 Å². The minimum Gasteiger partial charge on any atom is -0.355 e. The summed E-state index contributed by atoms with van der Waals surface area (Å²) in [5, 5.41) is 2.80. The number of piperidine rings is 1. The number of hydrogen-bond donors (Lipinski definition) is 1. The highest BCUT2D eigenvalue weighted by Crippen LogP contribution is 2.26. The van der Waals surface area contributed by atoms with E-state index in [0.29, 0.717) is 31.0 Å². The average molecular weight is 308 g/mol. The number of carbonyl (C=O) groups is 1. The minimum atomic E-state index is -3.36. The fourth-order valence-electron chi connectivity index (χ4n) is 3.01.